The Morgan fingerprint density at radius 1 is 1.11 bits per heavy atom. The number of methoxy groups -OCH3 is 2. The average Bonchev–Trinajstić information content (AvgIpc) is 3.45. The van der Waals surface area contributed by atoms with E-state index >= 15 is 8.78 Å². The lowest BCUT2D eigenvalue weighted by atomic mass is 10.2. The van der Waals surface area contributed by atoms with Gasteiger partial charge in [0.25, 0.3) is 0 Å². The zero-order valence-electron chi connectivity index (χ0n) is 21.4. The molecule has 0 bridgehead atoms. The predicted octanol–water partition coefficient (Wildman–Crippen LogP) is 4.24. The van der Waals surface area contributed by atoms with Gasteiger partial charge in [0.2, 0.25) is 0 Å². The minimum Gasteiger partial charge on any atom is -0.493 e. The van der Waals surface area contributed by atoms with Crippen LogP contribution in [0.25, 0.3) is 22.4 Å². The van der Waals surface area contributed by atoms with Gasteiger partial charge in [0, 0.05) is 37.5 Å². The van der Waals surface area contributed by atoms with Gasteiger partial charge in [0.1, 0.15) is 23.2 Å². The van der Waals surface area contributed by atoms with E-state index < -0.39 is 11.6 Å². The van der Waals surface area contributed by atoms with Crippen LogP contribution in [0, 0.1) is 11.6 Å². The standard InChI is InChI=1S/C26H29F2N7O3/c1-29-9-10-34(25-23(27)19(36-2)12-20(37-3)24(25)28)21-8-7-17-26(33-21)32-18(14-30-17)16-13-31-35(15-16)22-6-4-5-11-38-22/h7-8,12-15,22,29H,4-6,9-11H2,1-3H3. The summed E-state index contributed by atoms with van der Waals surface area (Å²) in [5, 5.41) is 7.46. The molecular formula is C26H29F2N7O3. The summed E-state index contributed by atoms with van der Waals surface area (Å²) < 4.78 is 48.7. The third kappa shape index (κ3) is 4.96. The fraction of sp³-hybridized carbons (Fsp3) is 0.385. The first-order valence-electron chi connectivity index (χ1n) is 12.4. The number of hydrogen-bond donors (Lipinski definition) is 1. The average molecular weight is 526 g/mol. The van der Waals surface area contributed by atoms with Gasteiger partial charge in [0.15, 0.2) is 28.8 Å². The van der Waals surface area contributed by atoms with E-state index in [2.05, 4.69) is 25.4 Å². The molecule has 1 aliphatic heterocycles. The van der Waals surface area contributed by atoms with Crippen LogP contribution in [0.5, 0.6) is 11.5 Å². The van der Waals surface area contributed by atoms with Crippen LogP contribution in [0.1, 0.15) is 25.5 Å². The van der Waals surface area contributed by atoms with E-state index in [4.69, 9.17) is 14.2 Å². The van der Waals surface area contributed by atoms with Crippen molar-refractivity contribution in [2.45, 2.75) is 25.5 Å². The van der Waals surface area contributed by atoms with Crippen molar-refractivity contribution in [2.24, 2.45) is 0 Å². The zero-order chi connectivity index (χ0) is 26.6. The van der Waals surface area contributed by atoms with E-state index in [1.54, 1.807) is 36.3 Å². The molecule has 12 heteroatoms. The third-order valence-corrected chi connectivity index (χ3v) is 6.42. The molecule has 0 saturated carbocycles. The van der Waals surface area contributed by atoms with Crippen molar-refractivity contribution in [3.63, 3.8) is 0 Å². The second kappa shape index (κ2) is 11.2. The molecule has 1 saturated heterocycles. The van der Waals surface area contributed by atoms with Gasteiger partial charge in [0.05, 0.1) is 32.3 Å². The Bertz CT molecular complexity index is 1400. The molecular weight excluding hydrogens is 496 g/mol. The predicted molar refractivity (Wildman–Crippen MR) is 138 cm³/mol. The number of anilines is 2. The number of fused-ring (bicyclic) bond motifs is 1. The van der Waals surface area contributed by atoms with Crippen LogP contribution in [-0.4, -0.2) is 65.7 Å². The highest BCUT2D eigenvalue weighted by Gasteiger charge is 2.27. The zero-order valence-corrected chi connectivity index (χ0v) is 21.4. The normalized spacial score (nSPS) is 15.6. The van der Waals surface area contributed by atoms with Gasteiger partial charge < -0.3 is 24.4 Å². The highest BCUT2D eigenvalue weighted by atomic mass is 19.1. The maximum absolute atomic E-state index is 15.4. The molecule has 38 heavy (non-hydrogen) atoms. The summed E-state index contributed by atoms with van der Waals surface area (Å²) in [4.78, 5) is 15.2. The van der Waals surface area contributed by atoms with Crippen LogP contribution in [0.2, 0.25) is 0 Å². The van der Waals surface area contributed by atoms with Crippen LogP contribution < -0.4 is 19.7 Å². The second-order valence-corrected chi connectivity index (χ2v) is 8.81. The topological polar surface area (TPSA) is 99.5 Å². The van der Waals surface area contributed by atoms with E-state index in [1.165, 1.54) is 25.2 Å². The molecule has 3 aromatic heterocycles. The molecule has 1 aromatic carbocycles. The Morgan fingerprint density at radius 2 is 1.89 bits per heavy atom. The molecule has 4 heterocycles. The molecule has 200 valence electrons. The molecule has 0 spiro atoms. The number of hydrogen-bond acceptors (Lipinski definition) is 9. The van der Waals surface area contributed by atoms with Crippen LogP contribution in [0.3, 0.4) is 0 Å². The molecule has 1 N–H and O–H groups in total. The van der Waals surface area contributed by atoms with Gasteiger partial charge in [-0.2, -0.15) is 5.10 Å². The van der Waals surface area contributed by atoms with E-state index in [-0.39, 0.29) is 30.0 Å². The number of aromatic nitrogens is 5. The van der Waals surface area contributed by atoms with Crippen molar-refractivity contribution in [1.29, 1.82) is 0 Å². The SMILES string of the molecule is CNCCN(c1ccc2ncc(-c3cnn(C4CCCCO4)c3)nc2n1)c1c(F)c(OC)cc(OC)c1F. The van der Waals surface area contributed by atoms with Gasteiger partial charge >= 0.3 is 0 Å². The smallest absolute Gasteiger partial charge is 0.191 e. The van der Waals surface area contributed by atoms with Gasteiger partial charge in [-0.1, -0.05) is 0 Å². The van der Waals surface area contributed by atoms with E-state index in [9.17, 15) is 0 Å². The Balaban J connectivity index is 1.55. The van der Waals surface area contributed by atoms with Gasteiger partial charge in [-0.15, -0.1) is 0 Å². The maximum atomic E-state index is 15.4. The molecule has 1 aliphatic rings. The van der Waals surface area contributed by atoms with Crippen LogP contribution >= 0.6 is 0 Å². The molecule has 1 unspecified atom stereocenters. The van der Waals surface area contributed by atoms with Crippen molar-refractivity contribution < 1.29 is 23.0 Å². The lowest BCUT2D eigenvalue weighted by Gasteiger charge is -2.26. The summed E-state index contributed by atoms with van der Waals surface area (Å²) in [6.45, 7) is 1.35. The monoisotopic (exact) mass is 525 g/mol. The van der Waals surface area contributed by atoms with Crippen molar-refractivity contribution in [2.75, 3.05) is 45.9 Å². The van der Waals surface area contributed by atoms with E-state index in [0.29, 0.717) is 35.8 Å². The Labute approximate surface area is 218 Å². The first-order chi connectivity index (χ1) is 18.5. The van der Waals surface area contributed by atoms with Crippen LogP contribution in [0.4, 0.5) is 20.3 Å². The first kappa shape index (κ1) is 25.7. The van der Waals surface area contributed by atoms with Gasteiger partial charge in [-0.3, -0.25) is 4.98 Å². The Hall–Kier alpha value is -3.90. The number of pyridine rings is 1. The summed E-state index contributed by atoms with van der Waals surface area (Å²) >= 11 is 0. The number of nitrogens with zero attached hydrogens (tertiary/aromatic N) is 6. The van der Waals surface area contributed by atoms with Crippen molar-refractivity contribution in [1.82, 2.24) is 30.0 Å². The number of ether oxygens (including phenoxy) is 3. The minimum atomic E-state index is -0.860. The summed E-state index contributed by atoms with van der Waals surface area (Å²) in [5.74, 6) is -1.72. The van der Waals surface area contributed by atoms with Crippen LogP contribution in [-0.2, 0) is 4.74 Å². The van der Waals surface area contributed by atoms with Crippen molar-refractivity contribution in [3.8, 4) is 22.8 Å². The molecule has 0 amide bonds. The number of nitrogens with one attached hydrogen (secondary N) is 1. The van der Waals surface area contributed by atoms with E-state index in [1.807, 2.05) is 6.20 Å². The molecule has 4 aromatic rings. The molecule has 5 rings (SSSR count). The molecule has 1 fully saturated rings. The number of halogens is 2. The van der Waals surface area contributed by atoms with Gasteiger partial charge in [-0.05, 0) is 38.4 Å². The minimum absolute atomic E-state index is 0.0963. The fourth-order valence-corrected chi connectivity index (χ4v) is 4.41. The highest BCUT2D eigenvalue weighted by Crippen LogP contribution is 2.39. The number of benzene rings is 1. The second-order valence-electron chi connectivity index (χ2n) is 8.81. The quantitative estimate of drug-likeness (QED) is 0.344. The number of likely N-dealkylation sites (N-methyl/N-ethyl adjacent to an activating group) is 1. The maximum Gasteiger partial charge on any atom is 0.191 e. The van der Waals surface area contributed by atoms with E-state index in [0.717, 1.165) is 24.8 Å². The number of rotatable bonds is 9. The third-order valence-electron chi connectivity index (χ3n) is 6.42. The largest absolute Gasteiger partial charge is 0.493 e. The summed E-state index contributed by atoms with van der Waals surface area (Å²) in [7, 11) is 4.37. The lowest BCUT2D eigenvalue weighted by Crippen LogP contribution is -2.29. The Kier molecular flexibility index (Phi) is 7.61. The molecule has 10 nitrogen and oxygen atoms in total. The molecule has 0 radical (unpaired) electrons. The molecule has 1 atom stereocenters. The molecule has 0 aliphatic carbocycles. The summed E-state index contributed by atoms with van der Waals surface area (Å²) in [6, 6.07) is 4.54. The Morgan fingerprint density at radius 3 is 2.58 bits per heavy atom. The van der Waals surface area contributed by atoms with Crippen molar-refractivity contribution in [3.05, 3.63) is 48.4 Å². The summed E-state index contributed by atoms with van der Waals surface area (Å²) in [6.07, 6.45) is 8.19. The van der Waals surface area contributed by atoms with Crippen LogP contribution in [0.15, 0.2) is 36.8 Å². The lowest BCUT2D eigenvalue weighted by molar-refractivity contribution is -0.0394. The van der Waals surface area contributed by atoms with Crippen molar-refractivity contribution >= 4 is 22.7 Å². The fourth-order valence-electron chi connectivity index (χ4n) is 4.41. The first-order valence-corrected chi connectivity index (χ1v) is 12.4. The van der Waals surface area contributed by atoms with Gasteiger partial charge in [-0.25, -0.2) is 23.4 Å². The highest BCUT2D eigenvalue weighted by molar-refractivity contribution is 5.77. The summed E-state index contributed by atoms with van der Waals surface area (Å²) in [5.41, 5.74) is 1.88.